The second-order valence-electron chi connectivity index (χ2n) is 5.89. The van der Waals surface area contributed by atoms with Crippen molar-refractivity contribution >= 4 is 17.5 Å². The van der Waals surface area contributed by atoms with Gasteiger partial charge in [0.2, 0.25) is 0 Å². The number of allylic oxidation sites excluding steroid dienone is 1. The van der Waals surface area contributed by atoms with Crippen molar-refractivity contribution in [1.29, 1.82) is 0 Å². The zero-order valence-electron chi connectivity index (χ0n) is 15.1. The highest BCUT2D eigenvalue weighted by molar-refractivity contribution is 7.99. The Balaban J connectivity index is 1.72. The van der Waals surface area contributed by atoms with E-state index in [1.54, 1.807) is 6.08 Å². The Hall–Kier alpha value is -2.86. The number of benzene rings is 2. The summed E-state index contributed by atoms with van der Waals surface area (Å²) in [5.74, 6) is 1.83. The van der Waals surface area contributed by atoms with Crippen LogP contribution in [0.15, 0.2) is 78.5 Å². The van der Waals surface area contributed by atoms with Crippen LogP contribution in [0.4, 0.5) is 0 Å². The topological polar surface area (TPSA) is 57.0 Å². The van der Waals surface area contributed by atoms with Crippen molar-refractivity contribution in [2.24, 2.45) is 0 Å². The first kappa shape index (κ1) is 18.9. The SMILES string of the molecule is C=CCn1c(SCC(=O)c2ccccc2)nnc1[C@@H](C)Oc1ccccc1. The predicted octanol–water partition coefficient (Wildman–Crippen LogP) is 4.58. The Morgan fingerprint density at radius 2 is 1.81 bits per heavy atom. The van der Waals surface area contributed by atoms with Crippen LogP contribution in [-0.2, 0) is 6.54 Å². The minimum atomic E-state index is -0.279. The van der Waals surface area contributed by atoms with Gasteiger partial charge in [-0.2, -0.15) is 0 Å². The number of Topliss-reactive ketones (excluding diaryl/α,β-unsaturated/α-hetero) is 1. The van der Waals surface area contributed by atoms with Crippen LogP contribution in [0.3, 0.4) is 0 Å². The molecule has 0 saturated carbocycles. The lowest BCUT2D eigenvalue weighted by Crippen LogP contribution is -2.12. The van der Waals surface area contributed by atoms with Gasteiger partial charge >= 0.3 is 0 Å². The quantitative estimate of drug-likeness (QED) is 0.309. The fourth-order valence-electron chi connectivity index (χ4n) is 2.60. The molecule has 0 aliphatic rings. The predicted molar refractivity (Wildman–Crippen MR) is 107 cm³/mol. The fraction of sp³-hybridized carbons (Fsp3) is 0.190. The molecule has 138 valence electrons. The molecule has 0 saturated heterocycles. The first-order valence-corrected chi connectivity index (χ1v) is 9.64. The molecule has 5 nitrogen and oxygen atoms in total. The first-order chi connectivity index (χ1) is 13.2. The van der Waals surface area contributed by atoms with Crippen LogP contribution < -0.4 is 4.74 Å². The van der Waals surface area contributed by atoms with Crippen molar-refractivity contribution in [3.05, 3.63) is 84.7 Å². The van der Waals surface area contributed by atoms with Crippen LogP contribution in [0.5, 0.6) is 5.75 Å². The highest BCUT2D eigenvalue weighted by Crippen LogP contribution is 2.25. The van der Waals surface area contributed by atoms with Crippen LogP contribution in [0.1, 0.15) is 29.2 Å². The molecule has 0 N–H and O–H groups in total. The summed E-state index contributed by atoms with van der Waals surface area (Å²) in [7, 11) is 0. The number of hydrogen-bond donors (Lipinski definition) is 0. The highest BCUT2D eigenvalue weighted by atomic mass is 32.2. The number of carbonyl (C=O) groups is 1. The maximum atomic E-state index is 12.3. The van der Waals surface area contributed by atoms with Crippen molar-refractivity contribution in [3.63, 3.8) is 0 Å². The summed E-state index contributed by atoms with van der Waals surface area (Å²) in [6.45, 7) is 6.29. The Bertz CT molecular complexity index is 894. The molecule has 1 aromatic heterocycles. The van der Waals surface area contributed by atoms with Gasteiger partial charge in [-0.25, -0.2) is 0 Å². The molecular weight excluding hydrogens is 358 g/mol. The van der Waals surface area contributed by atoms with Gasteiger partial charge in [-0.05, 0) is 19.1 Å². The summed E-state index contributed by atoms with van der Waals surface area (Å²) < 4.78 is 7.90. The number of aromatic nitrogens is 3. The minimum Gasteiger partial charge on any atom is -0.483 e. The van der Waals surface area contributed by atoms with Gasteiger partial charge in [0, 0.05) is 12.1 Å². The molecule has 2 aromatic carbocycles. The lowest BCUT2D eigenvalue weighted by atomic mass is 10.2. The number of carbonyl (C=O) groups excluding carboxylic acids is 1. The molecule has 0 aliphatic carbocycles. The normalized spacial score (nSPS) is 11.7. The molecule has 3 rings (SSSR count). The van der Waals surface area contributed by atoms with E-state index < -0.39 is 0 Å². The molecular formula is C21H21N3O2S. The van der Waals surface area contributed by atoms with Crippen molar-refractivity contribution < 1.29 is 9.53 Å². The van der Waals surface area contributed by atoms with Crippen molar-refractivity contribution in [2.75, 3.05) is 5.75 Å². The minimum absolute atomic E-state index is 0.0592. The maximum Gasteiger partial charge on any atom is 0.192 e. The van der Waals surface area contributed by atoms with Gasteiger partial charge in [0.15, 0.2) is 22.9 Å². The van der Waals surface area contributed by atoms with Crippen molar-refractivity contribution in [1.82, 2.24) is 14.8 Å². The molecule has 0 bridgehead atoms. The van der Waals surface area contributed by atoms with Crippen LogP contribution in [0.2, 0.25) is 0 Å². The Kier molecular flexibility index (Phi) is 6.44. The van der Waals surface area contributed by atoms with E-state index in [-0.39, 0.29) is 11.9 Å². The molecule has 0 spiro atoms. The van der Waals surface area contributed by atoms with Crippen molar-refractivity contribution in [2.45, 2.75) is 24.7 Å². The largest absolute Gasteiger partial charge is 0.483 e. The number of nitrogens with zero attached hydrogens (tertiary/aromatic N) is 3. The van der Waals surface area contributed by atoms with Crippen LogP contribution >= 0.6 is 11.8 Å². The van der Waals surface area contributed by atoms with Gasteiger partial charge < -0.3 is 4.74 Å². The second kappa shape index (κ2) is 9.19. The lowest BCUT2D eigenvalue weighted by Gasteiger charge is -2.15. The van der Waals surface area contributed by atoms with Gasteiger partial charge in [-0.15, -0.1) is 16.8 Å². The molecule has 0 aliphatic heterocycles. The molecule has 6 heteroatoms. The van der Waals surface area contributed by atoms with Gasteiger partial charge in [0.25, 0.3) is 0 Å². The number of ether oxygens (including phenoxy) is 1. The highest BCUT2D eigenvalue weighted by Gasteiger charge is 2.20. The van der Waals surface area contributed by atoms with Crippen LogP contribution in [0, 0.1) is 0 Å². The van der Waals surface area contributed by atoms with Gasteiger partial charge in [0.1, 0.15) is 5.75 Å². The lowest BCUT2D eigenvalue weighted by molar-refractivity contribution is 0.102. The molecule has 3 aromatic rings. The van der Waals surface area contributed by atoms with Crippen molar-refractivity contribution in [3.8, 4) is 5.75 Å². The summed E-state index contributed by atoms with van der Waals surface area (Å²) in [6.07, 6.45) is 1.50. The molecule has 1 heterocycles. The number of hydrogen-bond acceptors (Lipinski definition) is 5. The number of ketones is 1. The molecule has 0 unspecified atom stereocenters. The van der Waals surface area contributed by atoms with Gasteiger partial charge in [-0.1, -0.05) is 66.4 Å². The Morgan fingerprint density at radius 3 is 2.48 bits per heavy atom. The molecule has 0 fully saturated rings. The van der Waals surface area contributed by atoms with E-state index in [0.29, 0.717) is 28.8 Å². The number of thioether (sulfide) groups is 1. The zero-order chi connectivity index (χ0) is 19.1. The smallest absolute Gasteiger partial charge is 0.192 e. The van der Waals surface area contributed by atoms with Gasteiger partial charge in [0.05, 0.1) is 5.75 Å². The van der Waals surface area contributed by atoms with Gasteiger partial charge in [-0.3, -0.25) is 9.36 Å². The number of para-hydroxylation sites is 1. The van der Waals surface area contributed by atoms with E-state index in [1.165, 1.54) is 11.8 Å². The third-order valence-corrected chi connectivity index (χ3v) is 4.87. The van der Waals surface area contributed by atoms with Crippen LogP contribution in [-0.4, -0.2) is 26.3 Å². The average Bonchev–Trinajstić information content (AvgIpc) is 3.10. The monoisotopic (exact) mass is 379 g/mol. The summed E-state index contributed by atoms with van der Waals surface area (Å²) in [5.41, 5.74) is 0.695. The van der Waals surface area contributed by atoms with Crippen LogP contribution in [0.25, 0.3) is 0 Å². The molecule has 0 radical (unpaired) electrons. The number of rotatable bonds is 9. The second-order valence-corrected chi connectivity index (χ2v) is 6.83. The summed E-state index contributed by atoms with van der Waals surface area (Å²) in [5, 5.41) is 9.23. The van der Waals surface area contributed by atoms with E-state index >= 15 is 0 Å². The first-order valence-electron chi connectivity index (χ1n) is 8.65. The van der Waals surface area contributed by atoms with E-state index in [0.717, 1.165) is 5.75 Å². The molecule has 27 heavy (non-hydrogen) atoms. The fourth-order valence-corrected chi connectivity index (χ4v) is 3.45. The standard InChI is InChI=1S/C21H21N3O2S/c1-3-14-24-20(16(2)26-18-12-8-5-9-13-18)22-23-21(24)27-15-19(25)17-10-6-4-7-11-17/h3-13,16H,1,14-15H2,2H3/t16-/m1/s1. The average molecular weight is 379 g/mol. The summed E-state index contributed by atoms with van der Waals surface area (Å²) in [6, 6.07) is 18.8. The third-order valence-electron chi connectivity index (χ3n) is 3.90. The third kappa shape index (κ3) is 4.86. The Labute approximate surface area is 163 Å². The molecule has 0 amide bonds. The Morgan fingerprint density at radius 1 is 1.15 bits per heavy atom. The zero-order valence-corrected chi connectivity index (χ0v) is 15.9. The van der Waals surface area contributed by atoms with E-state index in [2.05, 4.69) is 16.8 Å². The summed E-state index contributed by atoms with van der Waals surface area (Å²) in [4.78, 5) is 12.3. The maximum absolute atomic E-state index is 12.3. The van der Waals surface area contributed by atoms with E-state index in [4.69, 9.17) is 4.74 Å². The summed E-state index contributed by atoms with van der Waals surface area (Å²) >= 11 is 1.37. The van der Waals surface area contributed by atoms with E-state index in [9.17, 15) is 4.79 Å². The molecule has 1 atom stereocenters. The van der Waals surface area contributed by atoms with E-state index in [1.807, 2.05) is 72.2 Å².